The Morgan fingerprint density at radius 1 is 1.44 bits per heavy atom. The molecule has 0 aromatic carbocycles. The molecule has 0 rings (SSSR count). The number of hydrogen-bond donors (Lipinski definition) is 0. The lowest BCUT2D eigenvalue weighted by atomic mass is 10.3. The highest BCUT2D eigenvalue weighted by atomic mass is 15.1. The van der Waals surface area contributed by atoms with Gasteiger partial charge in [0, 0.05) is 13.6 Å². The molecule has 0 saturated heterocycles. The van der Waals surface area contributed by atoms with E-state index >= 15 is 0 Å². The first kappa shape index (κ1) is 8.54. The van der Waals surface area contributed by atoms with Crippen LogP contribution in [0.25, 0.3) is 0 Å². The van der Waals surface area contributed by atoms with Crippen molar-refractivity contribution in [1.82, 2.24) is 4.90 Å². The maximum absolute atomic E-state index is 2.22. The van der Waals surface area contributed by atoms with Crippen molar-refractivity contribution >= 4 is 0 Å². The van der Waals surface area contributed by atoms with E-state index in [0.717, 1.165) is 6.54 Å². The maximum Gasteiger partial charge on any atom is 0.0166 e. The van der Waals surface area contributed by atoms with E-state index in [0.29, 0.717) is 0 Å². The fraction of sp³-hybridized carbons (Fsp3) is 0.750. The van der Waals surface area contributed by atoms with Gasteiger partial charge in [-0.1, -0.05) is 12.5 Å². The third-order valence-electron chi connectivity index (χ3n) is 1.05. The van der Waals surface area contributed by atoms with Gasteiger partial charge in [-0.25, -0.2) is 0 Å². The van der Waals surface area contributed by atoms with Gasteiger partial charge >= 0.3 is 0 Å². The molecular weight excluding hydrogens is 110 g/mol. The van der Waals surface area contributed by atoms with Crippen molar-refractivity contribution in [2.24, 2.45) is 0 Å². The van der Waals surface area contributed by atoms with E-state index in [1.54, 1.807) is 0 Å². The van der Waals surface area contributed by atoms with Crippen LogP contribution in [0.15, 0.2) is 11.8 Å². The van der Waals surface area contributed by atoms with E-state index in [1.165, 1.54) is 12.0 Å². The molecule has 0 amide bonds. The topological polar surface area (TPSA) is 3.24 Å². The van der Waals surface area contributed by atoms with Crippen LogP contribution in [0.1, 0.15) is 27.2 Å². The van der Waals surface area contributed by atoms with Crippen LogP contribution in [-0.4, -0.2) is 18.5 Å². The van der Waals surface area contributed by atoms with E-state index in [1.807, 2.05) is 0 Å². The smallest absolute Gasteiger partial charge is 0.0166 e. The predicted molar refractivity (Wildman–Crippen MR) is 42.4 cm³/mol. The average molecular weight is 127 g/mol. The first-order valence-electron chi connectivity index (χ1n) is 3.52. The monoisotopic (exact) mass is 127 g/mol. The van der Waals surface area contributed by atoms with Gasteiger partial charge in [0.1, 0.15) is 0 Å². The molecule has 0 aliphatic heterocycles. The minimum atomic E-state index is 1.16. The standard InChI is InChI=1S/C8H17N/c1-5-6-9(4)7-8(2)3/h7H,5-6H2,1-4H3. The summed E-state index contributed by atoms with van der Waals surface area (Å²) in [6.07, 6.45) is 3.39. The van der Waals surface area contributed by atoms with Gasteiger partial charge < -0.3 is 4.90 Å². The minimum absolute atomic E-state index is 1.16. The quantitative estimate of drug-likeness (QED) is 0.562. The van der Waals surface area contributed by atoms with Crippen LogP contribution in [0.3, 0.4) is 0 Å². The molecule has 0 aliphatic rings. The molecule has 0 fully saturated rings. The molecule has 9 heavy (non-hydrogen) atoms. The molecule has 0 N–H and O–H groups in total. The average Bonchev–Trinajstić information content (AvgIpc) is 1.63. The van der Waals surface area contributed by atoms with Gasteiger partial charge in [0.15, 0.2) is 0 Å². The zero-order chi connectivity index (χ0) is 7.28. The number of nitrogens with zero attached hydrogens (tertiary/aromatic N) is 1. The summed E-state index contributed by atoms with van der Waals surface area (Å²) in [6.45, 7) is 7.58. The summed E-state index contributed by atoms with van der Waals surface area (Å²) >= 11 is 0. The van der Waals surface area contributed by atoms with Gasteiger partial charge in [0.25, 0.3) is 0 Å². The summed E-state index contributed by atoms with van der Waals surface area (Å²) in [4.78, 5) is 2.22. The lowest BCUT2D eigenvalue weighted by Crippen LogP contribution is -2.11. The van der Waals surface area contributed by atoms with Gasteiger partial charge in [0.05, 0.1) is 0 Å². The molecule has 54 valence electrons. The molecule has 1 heteroatoms. The molecule has 0 aromatic heterocycles. The molecule has 0 aliphatic carbocycles. The van der Waals surface area contributed by atoms with E-state index in [4.69, 9.17) is 0 Å². The first-order valence-corrected chi connectivity index (χ1v) is 3.52. The van der Waals surface area contributed by atoms with Crippen molar-refractivity contribution in [2.75, 3.05) is 13.6 Å². The Hall–Kier alpha value is -0.460. The predicted octanol–water partition coefficient (Wildman–Crippen LogP) is 2.25. The van der Waals surface area contributed by atoms with Crippen molar-refractivity contribution in [3.8, 4) is 0 Å². The Morgan fingerprint density at radius 2 is 2.00 bits per heavy atom. The second-order valence-corrected chi connectivity index (χ2v) is 2.69. The molecule has 0 aromatic rings. The molecule has 0 atom stereocenters. The molecule has 0 spiro atoms. The molecule has 0 saturated carbocycles. The summed E-state index contributed by atoms with van der Waals surface area (Å²) in [6, 6.07) is 0. The van der Waals surface area contributed by atoms with Gasteiger partial charge in [-0.3, -0.25) is 0 Å². The molecule has 0 unspecified atom stereocenters. The van der Waals surface area contributed by atoms with E-state index in [2.05, 4.69) is 38.9 Å². The third kappa shape index (κ3) is 5.41. The van der Waals surface area contributed by atoms with E-state index in [9.17, 15) is 0 Å². The van der Waals surface area contributed by atoms with Crippen LogP contribution in [-0.2, 0) is 0 Å². The normalized spacial score (nSPS) is 8.89. The largest absolute Gasteiger partial charge is 0.380 e. The molecule has 1 nitrogen and oxygen atoms in total. The van der Waals surface area contributed by atoms with Crippen molar-refractivity contribution < 1.29 is 0 Å². The number of allylic oxidation sites excluding steroid dienone is 1. The van der Waals surface area contributed by atoms with E-state index < -0.39 is 0 Å². The van der Waals surface area contributed by atoms with Gasteiger partial charge in [-0.05, 0) is 26.5 Å². The van der Waals surface area contributed by atoms with Crippen LogP contribution in [0.5, 0.6) is 0 Å². The summed E-state index contributed by atoms with van der Waals surface area (Å²) in [5, 5.41) is 0. The Kier molecular flexibility index (Phi) is 4.20. The van der Waals surface area contributed by atoms with Crippen molar-refractivity contribution in [3.05, 3.63) is 11.8 Å². The summed E-state index contributed by atoms with van der Waals surface area (Å²) < 4.78 is 0. The van der Waals surface area contributed by atoms with Gasteiger partial charge in [-0.15, -0.1) is 0 Å². The molecular formula is C8H17N. The van der Waals surface area contributed by atoms with Crippen LogP contribution >= 0.6 is 0 Å². The Morgan fingerprint density at radius 3 is 2.33 bits per heavy atom. The lowest BCUT2D eigenvalue weighted by Gasteiger charge is -2.12. The Balaban J connectivity index is 3.49. The van der Waals surface area contributed by atoms with Crippen LogP contribution < -0.4 is 0 Å². The Labute approximate surface area is 58.4 Å². The zero-order valence-corrected chi connectivity index (χ0v) is 6.94. The fourth-order valence-electron chi connectivity index (χ4n) is 0.858. The fourth-order valence-corrected chi connectivity index (χ4v) is 0.858. The molecule has 0 bridgehead atoms. The summed E-state index contributed by atoms with van der Waals surface area (Å²) in [5.74, 6) is 0. The van der Waals surface area contributed by atoms with Crippen molar-refractivity contribution in [3.63, 3.8) is 0 Å². The number of rotatable bonds is 3. The van der Waals surface area contributed by atoms with Gasteiger partial charge in [-0.2, -0.15) is 0 Å². The maximum atomic E-state index is 2.22. The minimum Gasteiger partial charge on any atom is -0.380 e. The zero-order valence-electron chi connectivity index (χ0n) is 6.94. The van der Waals surface area contributed by atoms with Crippen LogP contribution in [0.2, 0.25) is 0 Å². The summed E-state index contributed by atoms with van der Waals surface area (Å²) in [7, 11) is 2.11. The number of hydrogen-bond acceptors (Lipinski definition) is 1. The van der Waals surface area contributed by atoms with Gasteiger partial charge in [0.2, 0.25) is 0 Å². The Bertz CT molecular complexity index is 90.7. The molecule has 0 heterocycles. The highest BCUT2D eigenvalue weighted by molar-refractivity contribution is 4.91. The third-order valence-corrected chi connectivity index (χ3v) is 1.05. The second-order valence-electron chi connectivity index (χ2n) is 2.69. The van der Waals surface area contributed by atoms with Crippen LogP contribution in [0.4, 0.5) is 0 Å². The van der Waals surface area contributed by atoms with E-state index in [-0.39, 0.29) is 0 Å². The summed E-state index contributed by atoms with van der Waals surface area (Å²) in [5.41, 5.74) is 1.37. The highest BCUT2D eigenvalue weighted by Crippen LogP contribution is 1.93. The highest BCUT2D eigenvalue weighted by Gasteiger charge is 1.86. The lowest BCUT2D eigenvalue weighted by molar-refractivity contribution is 0.451. The van der Waals surface area contributed by atoms with Crippen molar-refractivity contribution in [2.45, 2.75) is 27.2 Å². The second kappa shape index (κ2) is 4.42. The van der Waals surface area contributed by atoms with Crippen molar-refractivity contribution in [1.29, 1.82) is 0 Å². The SMILES string of the molecule is CCCN(C)C=C(C)C. The molecule has 0 radical (unpaired) electrons. The first-order chi connectivity index (χ1) is 4.16. The van der Waals surface area contributed by atoms with Crippen LogP contribution in [0, 0.1) is 0 Å².